The summed E-state index contributed by atoms with van der Waals surface area (Å²) < 4.78 is 0. The summed E-state index contributed by atoms with van der Waals surface area (Å²) in [6.45, 7) is 0. The van der Waals surface area contributed by atoms with Crippen molar-refractivity contribution in [2.45, 2.75) is 0 Å². The van der Waals surface area contributed by atoms with Crippen LogP contribution in [0.5, 0.6) is 0 Å². The summed E-state index contributed by atoms with van der Waals surface area (Å²) in [6, 6.07) is 71.7. The van der Waals surface area contributed by atoms with Gasteiger partial charge < -0.3 is 0 Å². The van der Waals surface area contributed by atoms with Crippen LogP contribution in [-0.2, 0) is 0 Å². The minimum Gasteiger partial charge on any atom is -0.246 e. The van der Waals surface area contributed by atoms with Gasteiger partial charge in [-0.15, -0.1) is 0 Å². The van der Waals surface area contributed by atoms with E-state index in [0.29, 0.717) is 17.5 Å². The van der Waals surface area contributed by atoms with Crippen LogP contribution in [0.2, 0.25) is 0 Å². The molecule has 0 saturated carbocycles. The molecule has 0 atom stereocenters. The molecule has 0 aliphatic heterocycles. The molecular formula is C52H34N4. The van der Waals surface area contributed by atoms with Crippen LogP contribution in [0.25, 0.3) is 100 Å². The molecule has 0 radical (unpaired) electrons. The van der Waals surface area contributed by atoms with Crippen molar-refractivity contribution in [1.82, 2.24) is 19.9 Å². The van der Waals surface area contributed by atoms with Gasteiger partial charge in [-0.3, -0.25) is 0 Å². The second-order valence-electron chi connectivity index (χ2n) is 13.8. The average Bonchev–Trinajstić information content (AvgIpc) is 3.29. The van der Waals surface area contributed by atoms with E-state index in [2.05, 4.69) is 146 Å². The normalized spacial score (nSPS) is 11.2. The van der Waals surface area contributed by atoms with Crippen molar-refractivity contribution in [3.05, 3.63) is 206 Å². The second kappa shape index (κ2) is 14.3. The van der Waals surface area contributed by atoms with E-state index in [9.17, 15) is 0 Å². The lowest BCUT2D eigenvalue weighted by Gasteiger charge is -2.16. The van der Waals surface area contributed by atoms with E-state index in [-0.39, 0.29) is 0 Å². The maximum atomic E-state index is 5.40. The van der Waals surface area contributed by atoms with E-state index >= 15 is 0 Å². The van der Waals surface area contributed by atoms with Crippen molar-refractivity contribution in [1.29, 1.82) is 0 Å². The Morgan fingerprint density at radius 1 is 0.232 bits per heavy atom. The number of para-hydroxylation sites is 1. The lowest BCUT2D eigenvalue weighted by Crippen LogP contribution is -2.00. The van der Waals surface area contributed by atoms with E-state index < -0.39 is 0 Å². The van der Waals surface area contributed by atoms with Crippen LogP contribution in [0.4, 0.5) is 0 Å². The van der Waals surface area contributed by atoms with Crippen LogP contribution in [0.3, 0.4) is 0 Å². The van der Waals surface area contributed by atoms with Gasteiger partial charge in [-0.25, -0.2) is 19.9 Å². The first-order chi connectivity index (χ1) is 27.8. The van der Waals surface area contributed by atoms with Gasteiger partial charge in [0.25, 0.3) is 0 Å². The summed E-state index contributed by atoms with van der Waals surface area (Å²) in [5.74, 6) is 1.94. The third-order valence-electron chi connectivity index (χ3n) is 10.4. The molecule has 0 aliphatic rings. The van der Waals surface area contributed by atoms with Crippen molar-refractivity contribution in [3.63, 3.8) is 0 Å². The van der Waals surface area contributed by atoms with Crippen LogP contribution >= 0.6 is 0 Å². The molecule has 0 aliphatic carbocycles. The number of aromatic nitrogens is 4. The summed E-state index contributed by atoms with van der Waals surface area (Å²) in [6.07, 6.45) is 0. The van der Waals surface area contributed by atoms with Crippen LogP contribution in [0.1, 0.15) is 0 Å². The Balaban J connectivity index is 1.04. The Hall–Kier alpha value is -7.56. The molecule has 10 aromatic rings. The van der Waals surface area contributed by atoms with Gasteiger partial charge in [0, 0.05) is 44.0 Å². The molecule has 0 unspecified atom stereocenters. The highest BCUT2D eigenvalue weighted by Crippen LogP contribution is 2.41. The lowest BCUT2D eigenvalue weighted by molar-refractivity contribution is 1.07. The smallest absolute Gasteiger partial charge is 0.164 e. The molecule has 0 bridgehead atoms. The summed E-state index contributed by atoms with van der Waals surface area (Å²) >= 11 is 0. The number of rotatable bonds is 7. The molecule has 56 heavy (non-hydrogen) atoms. The van der Waals surface area contributed by atoms with E-state index in [1.165, 1.54) is 10.9 Å². The average molecular weight is 715 g/mol. The molecule has 0 fully saturated rings. The minimum atomic E-state index is 0.641. The minimum absolute atomic E-state index is 0.641. The predicted molar refractivity (Wildman–Crippen MR) is 231 cm³/mol. The molecule has 10 rings (SSSR count). The van der Waals surface area contributed by atoms with E-state index in [4.69, 9.17) is 19.9 Å². The van der Waals surface area contributed by atoms with Gasteiger partial charge in [-0.1, -0.05) is 206 Å². The first-order valence-corrected chi connectivity index (χ1v) is 18.8. The highest BCUT2D eigenvalue weighted by Gasteiger charge is 2.17. The van der Waals surface area contributed by atoms with Crippen LogP contribution in [0.15, 0.2) is 206 Å². The third kappa shape index (κ3) is 6.19. The zero-order valence-electron chi connectivity index (χ0n) is 30.4. The molecule has 0 spiro atoms. The van der Waals surface area contributed by atoms with Crippen molar-refractivity contribution >= 4 is 21.7 Å². The first kappa shape index (κ1) is 33.0. The molecule has 2 aromatic heterocycles. The quantitative estimate of drug-likeness (QED) is 0.154. The molecular weight excluding hydrogens is 681 g/mol. The standard InChI is InChI=1S/C52H34N4/c1-5-15-37(16-6-1)44-24-14-26-46-47-43(23-13-25-45(47)48(53-49(44)46)39-17-7-2-8-18-39)38-31-27-35(28-32-38)36-29-33-42(34-30-36)52-55-50(40-19-9-3-10-20-40)54-51(56-52)41-21-11-4-12-22-41/h1-34H. The van der Waals surface area contributed by atoms with Gasteiger partial charge in [0.05, 0.1) is 11.2 Å². The summed E-state index contributed by atoms with van der Waals surface area (Å²) in [4.78, 5) is 20.1. The summed E-state index contributed by atoms with van der Waals surface area (Å²) in [5.41, 5.74) is 12.8. The second-order valence-corrected chi connectivity index (χ2v) is 13.8. The molecule has 0 N–H and O–H groups in total. The Morgan fingerprint density at radius 2 is 0.607 bits per heavy atom. The fourth-order valence-corrected chi connectivity index (χ4v) is 7.58. The fraction of sp³-hybridized carbons (Fsp3) is 0. The van der Waals surface area contributed by atoms with E-state index in [0.717, 1.165) is 72.1 Å². The number of benzene rings is 8. The Kier molecular flexibility index (Phi) is 8.47. The molecule has 0 saturated heterocycles. The van der Waals surface area contributed by atoms with Gasteiger partial charge in [0.15, 0.2) is 17.5 Å². The van der Waals surface area contributed by atoms with Crippen LogP contribution in [0, 0.1) is 0 Å². The molecule has 0 amide bonds. The first-order valence-electron chi connectivity index (χ1n) is 18.8. The monoisotopic (exact) mass is 714 g/mol. The van der Waals surface area contributed by atoms with Crippen molar-refractivity contribution < 1.29 is 0 Å². The number of hydrogen-bond donors (Lipinski definition) is 0. The van der Waals surface area contributed by atoms with Gasteiger partial charge in [0.1, 0.15) is 0 Å². The number of nitrogens with zero attached hydrogens (tertiary/aromatic N) is 4. The number of pyridine rings is 1. The Labute approximate surface area is 325 Å². The molecule has 4 heteroatoms. The Morgan fingerprint density at radius 3 is 1.12 bits per heavy atom. The fourth-order valence-electron chi connectivity index (χ4n) is 7.58. The number of hydrogen-bond acceptors (Lipinski definition) is 4. The van der Waals surface area contributed by atoms with Crippen molar-refractivity contribution in [2.75, 3.05) is 0 Å². The summed E-state index contributed by atoms with van der Waals surface area (Å²) in [5, 5.41) is 3.48. The van der Waals surface area contributed by atoms with Crippen LogP contribution < -0.4 is 0 Å². The maximum absolute atomic E-state index is 5.40. The van der Waals surface area contributed by atoms with Crippen molar-refractivity contribution in [3.8, 4) is 78.8 Å². The summed E-state index contributed by atoms with van der Waals surface area (Å²) in [7, 11) is 0. The topological polar surface area (TPSA) is 51.6 Å². The van der Waals surface area contributed by atoms with E-state index in [1.807, 2.05) is 60.7 Å². The van der Waals surface area contributed by atoms with Gasteiger partial charge >= 0.3 is 0 Å². The molecule has 4 nitrogen and oxygen atoms in total. The zero-order chi connectivity index (χ0) is 37.3. The van der Waals surface area contributed by atoms with Gasteiger partial charge in [0.2, 0.25) is 0 Å². The van der Waals surface area contributed by atoms with Gasteiger partial charge in [-0.2, -0.15) is 0 Å². The predicted octanol–water partition coefficient (Wildman–Crippen LogP) is 13.2. The maximum Gasteiger partial charge on any atom is 0.164 e. The zero-order valence-corrected chi connectivity index (χ0v) is 30.4. The highest BCUT2D eigenvalue weighted by molar-refractivity contribution is 6.19. The third-order valence-corrected chi connectivity index (χ3v) is 10.4. The molecule has 262 valence electrons. The van der Waals surface area contributed by atoms with Gasteiger partial charge in [-0.05, 0) is 27.8 Å². The Bertz CT molecular complexity index is 2910. The van der Waals surface area contributed by atoms with E-state index in [1.54, 1.807) is 0 Å². The molecule has 2 heterocycles. The van der Waals surface area contributed by atoms with Crippen LogP contribution in [-0.4, -0.2) is 19.9 Å². The molecule has 8 aromatic carbocycles. The largest absolute Gasteiger partial charge is 0.246 e. The van der Waals surface area contributed by atoms with Crippen molar-refractivity contribution in [2.24, 2.45) is 0 Å². The SMILES string of the molecule is c1ccc(-c2nc(-c3ccccc3)nc(-c3ccc(-c4ccc(-c5cccc6c(-c7ccccc7)nc7c(-c8ccccc8)cccc7c56)cc4)cc3)n2)cc1. The lowest BCUT2D eigenvalue weighted by atomic mass is 9.90. The highest BCUT2D eigenvalue weighted by atomic mass is 15.0. The number of fused-ring (bicyclic) bond motifs is 3.